The number of rotatable bonds is 16. The minimum absolute atomic E-state index is 0.555. The molecular formula is C40H41NO2S. The number of hydrogen-bond donors (Lipinski definition) is 0. The van der Waals surface area contributed by atoms with Crippen molar-refractivity contribution in [2.24, 2.45) is 0 Å². The molecule has 1 heterocycles. The Labute approximate surface area is 267 Å². The molecule has 5 aromatic rings. The zero-order valence-electron chi connectivity index (χ0n) is 25.5. The molecule has 0 bridgehead atoms. The highest BCUT2D eigenvalue weighted by atomic mass is 32.2. The minimum Gasteiger partial charge on any atom is -0.494 e. The molecule has 4 heteroatoms. The second-order valence-corrected chi connectivity index (χ2v) is 11.8. The van der Waals surface area contributed by atoms with Crippen molar-refractivity contribution >= 4 is 22.9 Å². The van der Waals surface area contributed by atoms with E-state index >= 15 is 0 Å². The smallest absolute Gasteiger partial charge is 0.119 e. The van der Waals surface area contributed by atoms with Gasteiger partial charge in [0, 0.05) is 11.9 Å². The molecular weight excluding hydrogens is 559 g/mol. The fraction of sp³-hybridized carbons (Fsp3) is 0.225. The van der Waals surface area contributed by atoms with Crippen molar-refractivity contribution < 1.29 is 9.47 Å². The molecule has 1 aromatic heterocycles. The van der Waals surface area contributed by atoms with Crippen molar-refractivity contribution in [1.82, 2.24) is 4.98 Å². The van der Waals surface area contributed by atoms with Gasteiger partial charge in [0.2, 0.25) is 0 Å². The maximum absolute atomic E-state index is 6.12. The van der Waals surface area contributed by atoms with Crippen LogP contribution in [0.5, 0.6) is 11.5 Å². The lowest BCUT2D eigenvalue weighted by Gasteiger charge is -2.17. The lowest BCUT2D eigenvalue weighted by Crippen LogP contribution is -1.99. The molecule has 5 rings (SSSR count). The highest BCUT2D eigenvalue weighted by Gasteiger charge is 2.14. The number of ether oxygens (including phenoxy) is 2. The van der Waals surface area contributed by atoms with E-state index < -0.39 is 0 Å². The van der Waals surface area contributed by atoms with E-state index in [-0.39, 0.29) is 0 Å². The van der Waals surface area contributed by atoms with Gasteiger partial charge in [-0.3, -0.25) is 4.98 Å². The summed E-state index contributed by atoms with van der Waals surface area (Å²) in [4.78, 5) is 4.39. The van der Waals surface area contributed by atoms with Gasteiger partial charge in [-0.15, -0.1) is 0 Å². The van der Waals surface area contributed by atoms with Gasteiger partial charge in [0.1, 0.15) is 18.1 Å². The molecule has 0 saturated heterocycles. The molecule has 0 amide bonds. The third kappa shape index (κ3) is 9.36. The van der Waals surface area contributed by atoms with Crippen molar-refractivity contribution in [2.75, 3.05) is 12.4 Å². The van der Waals surface area contributed by atoms with Crippen LogP contribution in [0.25, 0.3) is 11.1 Å². The first-order chi connectivity index (χ1) is 21.8. The summed E-state index contributed by atoms with van der Waals surface area (Å²) < 4.78 is 12.2. The maximum atomic E-state index is 6.12. The fourth-order valence-corrected chi connectivity index (χ4v) is 6.12. The van der Waals surface area contributed by atoms with Crippen LogP contribution >= 0.6 is 11.8 Å². The van der Waals surface area contributed by atoms with E-state index in [1.54, 1.807) is 0 Å². The van der Waals surface area contributed by atoms with Crippen molar-refractivity contribution in [3.8, 4) is 11.5 Å². The molecule has 224 valence electrons. The highest BCUT2D eigenvalue weighted by Crippen LogP contribution is 2.35. The Morgan fingerprint density at radius 2 is 1.25 bits per heavy atom. The molecule has 0 radical (unpaired) electrons. The lowest BCUT2D eigenvalue weighted by molar-refractivity contribution is 0.306. The largest absolute Gasteiger partial charge is 0.494 e. The Hall–Kier alpha value is -4.28. The van der Waals surface area contributed by atoms with Crippen LogP contribution in [0.4, 0.5) is 0 Å². The molecule has 0 aliphatic heterocycles. The van der Waals surface area contributed by atoms with Gasteiger partial charge >= 0.3 is 0 Å². The molecule has 0 atom stereocenters. The quantitative estimate of drug-likeness (QED) is 0.0834. The molecule has 0 aliphatic carbocycles. The van der Waals surface area contributed by atoms with Crippen molar-refractivity contribution in [1.29, 1.82) is 0 Å². The summed E-state index contributed by atoms with van der Waals surface area (Å²) in [5.74, 6) is 3.92. The lowest BCUT2D eigenvalue weighted by atomic mass is 9.88. The Bertz CT molecular complexity index is 1550. The van der Waals surface area contributed by atoms with Crippen LogP contribution in [0.15, 0.2) is 134 Å². The summed E-state index contributed by atoms with van der Waals surface area (Å²) in [6, 6.07) is 44.2. The van der Waals surface area contributed by atoms with Crippen molar-refractivity contribution in [3.63, 3.8) is 0 Å². The first-order valence-corrected chi connectivity index (χ1v) is 16.7. The van der Waals surface area contributed by atoms with Crippen LogP contribution in [0, 0.1) is 0 Å². The number of unbranched alkanes of at least 4 members (excludes halogenated alkanes) is 2. The predicted octanol–water partition coefficient (Wildman–Crippen LogP) is 10.5. The summed E-state index contributed by atoms with van der Waals surface area (Å²) in [6.45, 7) is 3.52. The zero-order chi connectivity index (χ0) is 30.2. The van der Waals surface area contributed by atoms with E-state index in [0.717, 1.165) is 53.7 Å². The second-order valence-electron chi connectivity index (χ2n) is 10.7. The molecule has 0 spiro atoms. The molecule has 0 aliphatic rings. The fourth-order valence-electron chi connectivity index (χ4n) is 5.19. The first-order valence-electron chi connectivity index (χ1n) is 15.6. The van der Waals surface area contributed by atoms with Crippen LogP contribution in [0.2, 0.25) is 0 Å². The van der Waals surface area contributed by atoms with Gasteiger partial charge in [-0.2, -0.15) is 11.8 Å². The average molecular weight is 600 g/mol. The zero-order valence-corrected chi connectivity index (χ0v) is 26.3. The standard InChI is InChI=1S/C40H41NO2S/c1-2-39(33-16-8-4-9-17-33)40(35-21-25-38(26-22-35)43-30-32-14-6-3-7-15-32)34-19-23-37(24-20-34)42-28-12-5-13-29-44-31-36-18-10-11-27-41-36/h3-4,6-11,14-27H,2,5,12-13,28-31H2,1H3/b40-39+. The Kier molecular flexibility index (Phi) is 12.1. The normalized spacial score (nSPS) is 11.6. The molecule has 0 saturated carbocycles. The van der Waals surface area contributed by atoms with Crippen LogP contribution in [0.1, 0.15) is 60.6 Å². The molecule has 3 nitrogen and oxygen atoms in total. The Morgan fingerprint density at radius 3 is 1.89 bits per heavy atom. The van der Waals surface area contributed by atoms with E-state index in [1.165, 1.54) is 40.7 Å². The minimum atomic E-state index is 0.555. The SMILES string of the molecule is CC/C(=C(/c1ccc(OCCCCCSCc2ccccn2)cc1)c1ccc(OCc2ccccc2)cc1)c1ccccc1. The summed E-state index contributed by atoms with van der Waals surface area (Å²) in [7, 11) is 0. The van der Waals surface area contributed by atoms with Crippen LogP contribution in [0.3, 0.4) is 0 Å². The number of pyridine rings is 1. The Morgan fingerprint density at radius 1 is 0.614 bits per heavy atom. The van der Waals surface area contributed by atoms with Gasteiger partial charge in [0.15, 0.2) is 0 Å². The number of nitrogens with zero attached hydrogens (tertiary/aromatic N) is 1. The van der Waals surface area contributed by atoms with Gasteiger partial charge in [-0.05, 0) is 101 Å². The highest BCUT2D eigenvalue weighted by molar-refractivity contribution is 7.98. The van der Waals surface area contributed by atoms with Gasteiger partial charge in [0.25, 0.3) is 0 Å². The van der Waals surface area contributed by atoms with Crippen LogP contribution in [-0.4, -0.2) is 17.3 Å². The number of benzene rings is 4. The molecule has 4 aromatic carbocycles. The number of aromatic nitrogens is 1. The number of thioether (sulfide) groups is 1. The first kappa shape index (κ1) is 31.2. The molecule has 0 unspecified atom stereocenters. The van der Waals surface area contributed by atoms with Gasteiger partial charge in [-0.1, -0.05) is 97.9 Å². The summed E-state index contributed by atoms with van der Waals surface area (Å²) in [5.41, 5.74) is 8.47. The summed E-state index contributed by atoms with van der Waals surface area (Å²) in [6.07, 6.45) is 6.21. The average Bonchev–Trinajstić information content (AvgIpc) is 3.09. The molecule has 0 fully saturated rings. The van der Waals surface area contributed by atoms with E-state index in [9.17, 15) is 0 Å². The summed E-state index contributed by atoms with van der Waals surface area (Å²) >= 11 is 1.95. The maximum Gasteiger partial charge on any atom is 0.119 e. The number of allylic oxidation sites excluding steroid dienone is 1. The van der Waals surface area contributed by atoms with E-state index in [4.69, 9.17) is 9.47 Å². The topological polar surface area (TPSA) is 31.4 Å². The molecule has 44 heavy (non-hydrogen) atoms. The van der Waals surface area contributed by atoms with E-state index in [2.05, 4.69) is 115 Å². The van der Waals surface area contributed by atoms with Crippen molar-refractivity contribution in [3.05, 3.63) is 162 Å². The van der Waals surface area contributed by atoms with Gasteiger partial charge in [-0.25, -0.2) is 0 Å². The molecule has 0 N–H and O–H groups in total. The van der Waals surface area contributed by atoms with E-state index in [0.29, 0.717) is 6.61 Å². The third-order valence-electron chi connectivity index (χ3n) is 7.49. The summed E-state index contributed by atoms with van der Waals surface area (Å²) in [5, 5.41) is 0. The van der Waals surface area contributed by atoms with E-state index in [1.807, 2.05) is 42.2 Å². The third-order valence-corrected chi connectivity index (χ3v) is 8.57. The van der Waals surface area contributed by atoms with Crippen molar-refractivity contribution in [2.45, 2.75) is 45.0 Å². The number of hydrogen-bond acceptors (Lipinski definition) is 4. The monoisotopic (exact) mass is 599 g/mol. The van der Waals surface area contributed by atoms with Gasteiger partial charge in [0.05, 0.1) is 12.3 Å². The van der Waals surface area contributed by atoms with Gasteiger partial charge < -0.3 is 9.47 Å². The predicted molar refractivity (Wildman–Crippen MR) is 186 cm³/mol. The second kappa shape index (κ2) is 17.1. The van der Waals surface area contributed by atoms with Crippen LogP contribution in [-0.2, 0) is 12.4 Å². The Balaban J connectivity index is 1.21. The van der Waals surface area contributed by atoms with Crippen LogP contribution < -0.4 is 9.47 Å².